The number of likely N-dealkylation sites (tertiary alicyclic amines) is 1. The molecule has 7 heteroatoms. The van der Waals surface area contributed by atoms with E-state index >= 15 is 0 Å². The number of halogens is 1. The highest BCUT2D eigenvalue weighted by Crippen LogP contribution is 2.25. The normalized spacial score (nSPS) is 21.8. The van der Waals surface area contributed by atoms with E-state index in [1.54, 1.807) is 7.11 Å². The van der Waals surface area contributed by atoms with Gasteiger partial charge in [0.25, 0.3) is 0 Å². The molecule has 1 atom stereocenters. The summed E-state index contributed by atoms with van der Waals surface area (Å²) in [5, 5.41) is 7.09. The van der Waals surface area contributed by atoms with Crippen molar-refractivity contribution in [3.63, 3.8) is 0 Å². The lowest BCUT2D eigenvalue weighted by atomic mass is 9.94. The van der Waals surface area contributed by atoms with Crippen molar-refractivity contribution in [2.45, 2.75) is 50.3 Å². The molecule has 1 aromatic rings. The zero-order valence-corrected chi connectivity index (χ0v) is 20.4. The molecule has 2 saturated heterocycles. The van der Waals surface area contributed by atoms with Gasteiger partial charge in [0.15, 0.2) is 5.96 Å². The standard InChI is InChI=1S/C22H36N4O2.HI/c1-18(19-7-5-4-6-8-19)26-13-9-20(10-14-26)25-21(23-2)24-17-22(27-3)11-15-28-16-12-22;/h4-8,18,20H,9-17H2,1-3H3,(H2,23,24,25);1H. The monoisotopic (exact) mass is 516 g/mol. The van der Waals surface area contributed by atoms with Crippen molar-refractivity contribution in [2.75, 3.05) is 47.0 Å². The fraction of sp³-hybridized carbons (Fsp3) is 0.682. The molecule has 0 amide bonds. The van der Waals surface area contributed by atoms with Crippen molar-refractivity contribution in [3.05, 3.63) is 35.9 Å². The van der Waals surface area contributed by atoms with Gasteiger partial charge >= 0.3 is 0 Å². The Morgan fingerprint density at radius 2 is 1.90 bits per heavy atom. The van der Waals surface area contributed by atoms with Crippen LogP contribution in [0.1, 0.15) is 44.2 Å². The molecule has 0 bridgehead atoms. The predicted molar refractivity (Wildman–Crippen MR) is 129 cm³/mol. The van der Waals surface area contributed by atoms with Gasteiger partial charge in [-0.25, -0.2) is 0 Å². The molecular formula is C22H37IN4O2. The van der Waals surface area contributed by atoms with Crippen LogP contribution >= 0.6 is 24.0 Å². The second-order valence-electron chi connectivity index (χ2n) is 7.97. The summed E-state index contributed by atoms with van der Waals surface area (Å²) in [5.41, 5.74) is 1.25. The quantitative estimate of drug-likeness (QED) is 0.346. The molecule has 1 unspecified atom stereocenters. The van der Waals surface area contributed by atoms with Crippen LogP contribution in [-0.2, 0) is 9.47 Å². The minimum absolute atomic E-state index is 0. The predicted octanol–water partition coefficient (Wildman–Crippen LogP) is 3.19. The Hall–Kier alpha value is -0.900. The van der Waals surface area contributed by atoms with E-state index in [1.807, 2.05) is 7.05 Å². The van der Waals surface area contributed by atoms with E-state index in [9.17, 15) is 0 Å². The van der Waals surface area contributed by atoms with Gasteiger partial charge in [0.05, 0.1) is 5.60 Å². The van der Waals surface area contributed by atoms with E-state index < -0.39 is 0 Å². The van der Waals surface area contributed by atoms with E-state index in [0.717, 1.165) is 64.5 Å². The highest BCUT2D eigenvalue weighted by atomic mass is 127. The minimum atomic E-state index is -0.148. The van der Waals surface area contributed by atoms with Gasteiger partial charge in [-0.05, 0) is 25.3 Å². The molecule has 1 aromatic carbocycles. The molecular weight excluding hydrogens is 479 g/mol. The molecule has 2 N–H and O–H groups in total. The Morgan fingerprint density at radius 1 is 1.24 bits per heavy atom. The maximum Gasteiger partial charge on any atom is 0.191 e. The zero-order valence-electron chi connectivity index (χ0n) is 18.0. The molecule has 0 spiro atoms. The van der Waals surface area contributed by atoms with Crippen LogP contribution in [0.2, 0.25) is 0 Å². The number of ether oxygens (including phenoxy) is 2. The van der Waals surface area contributed by atoms with Crippen LogP contribution in [0.4, 0.5) is 0 Å². The summed E-state index contributed by atoms with van der Waals surface area (Å²) in [4.78, 5) is 7.00. The second-order valence-corrected chi connectivity index (χ2v) is 7.97. The Bertz CT molecular complexity index is 614. The zero-order chi connectivity index (χ0) is 19.8. The van der Waals surface area contributed by atoms with Crippen LogP contribution in [-0.4, -0.2) is 69.5 Å². The average molecular weight is 516 g/mol. The third-order valence-electron chi connectivity index (χ3n) is 6.34. The largest absolute Gasteiger partial charge is 0.381 e. The summed E-state index contributed by atoms with van der Waals surface area (Å²) < 4.78 is 11.3. The summed E-state index contributed by atoms with van der Waals surface area (Å²) in [6, 6.07) is 11.7. The van der Waals surface area contributed by atoms with E-state index in [-0.39, 0.29) is 29.6 Å². The summed E-state index contributed by atoms with van der Waals surface area (Å²) in [7, 11) is 3.64. The molecule has 2 heterocycles. The van der Waals surface area contributed by atoms with Crippen LogP contribution < -0.4 is 10.6 Å². The number of hydrogen-bond acceptors (Lipinski definition) is 4. The van der Waals surface area contributed by atoms with Crippen LogP contribution in [0.25, 0.3) is 0 Å². The molecule has 0 aliphatic carbocycles. The Labute approximate surface area is 192 Å². The average Bonchev–Trinajstić information content (AvgIpc) is 2.78. The molecule has 164 valence electrons. The fourth-order valence-corrected chi connectivity index (χ4v) is 4.20. The number of benzene rings is 1. The highest BCUT2D eigenvalue weighted by Gasteiger charge is 2.33. The topological polar surface area (TPSA) is 58.1 Å². The van der Waals surface area contributed by atoms with Crippen molar-refractivity contribution in [2.24, 2.45) is 4.99 Å². The lowest BCUT2D eigenvalue weighted by Gasteiger charge is -2.38. The summed E-state index contributed by atoms with van der Waals surface area (Å²) >= 11 is 0. The van der Waals surface area contributed by atoms with Gasteiger partial charge in [0.2, 0.25) is 0 Å². The number of rotatable bonds is 6. The first-order valence-electron chi connectivity index (χ1n) is 10.5. The second kappa shape index (κ2) is 12.1. The lowest BCUT2D eigenvalue weighted by Crippen LogP contribution is -2.53. The number of piperidine rings is 1. The smallest absolute Gasteiger partial charge is 0.191 e. The third-order valence-corrected chi connectivity index (χ3v) is 6.34. The van der Waals surface area contributed by atoms with E-state index in [1.165, 1.54) is 5.56 Å². The van der Waals surface area contributed by atoms with Crippen molar-refractivity contribution in [3.8, 4) is 0 Å². The number of nitrogens with one attached hydrogen (secondary N) is 2. The summed E-state index contributed by atoms with van der Waals surface area (Å²) in [6.07, 6.45) is 4.09. The lowest BCUT2D eigenvalue weighted by molar-refractivity contribution is -0.0855. The van der Waals surface area contributed by atoms with Gasteiger partial charge < -0.3 is 20.1 Å². The number of aliphatic imine (C=N–C) groups is 1. The van der Waals surface area contributed by atoms with Crippen molar-refractivity contribution < 1.29 is 9.47 Å². The molecule has 2 fully saturated rings. The first kappa shape index (κ1) is 24.4. The van der Waals surface area contributed by atoms with Crippen LogP contribution in [0.15, 0.2) is 35.3 Å². The van der Waals surface area contributed by atoms with Gasteiger partial charge in [-0.3, -0.25) is 9.89 Å². The number of methoxy groups -OCH3 is 1. The number of hydrogen-bond donors (Lipinski definition) is 2. The molecule has 2 aliphatic rings. The van der Waals surface area contributed by atoms with Crippen molar-refractivity contribution in [1.29, 1.82) is 0 Å². The van der Waals surface area contributed by atoms with Crippen LogP contribution in [0, 0.1) is 0 Å². The highest BCUT2D eigenvalue weighted by molar-refractivity contribution is 14.0. The first-order valence-corrected chi connectivity index (χ1v) is 10.5. The number of nitrogens with zero attached hydrogens (tertiary/aromatic N) is 2. The van der Waals surface area contributed by atoms with Gasteiger partial charge in [-0.15, -0.1) is 24.0 Å². The van der Waals surface area contributed by atoms with Gasteiger partial charge in [0, 0.05) is 71.9 Å². The Morgan fingerprint density at radius 3 is 2.48 bits per heavy atom. The third kappa shape index (κ3) is 6.80. The molecule has 0 radical (unpaired) electrons. The van der Waals surface area contributed by atoms with Crippen molar-refractivity contribution in [1.82, 2.24) is 15.5 Å². The summed E-state index contributed by atoms with van der Waals surface area (Å²) in [6.45, 7) is 6.80. The molecule has 3 rings (SSSR count). The van der Waals surface area contributed by atoms with Crippen LogP contribution in [0.3, 0.4) is 0 Å². The molecule has 0 aromatic heterocycles. The fourth-order valence-electron chi connectivity index (χ4n) is 4.20. The Balaban J connectivity index is 0.00000300. The van der Waals surface area contributed by atoms with Gasteiger partial charge in [0.1, 0.15) is 0 Å². The number of guanidine groups is 1. The van der Waals surface area contributed by atoms with E-state index in [0.29, 0.717) is 12.1 Å². The van der Waals surface area contributed by atoms with Gasteiger partial charge in [-0.2, -0.15) is 0 Å². The van der Waals surface area contributed by atoms with Crippen LogP contribution in [0.5, 0.6) is 0 Å². The van der Waals surface area contributed by atoms with Crippen molar-refractivity contribution >= 4 is 29.9 Å². The molecule has 29 heavy (non-hydrogen) atoms. The maximum absolute atomic E-state index is 5.81. The molecule has 2 aliphatic heterocycles. The minimum Gasteiger partial charge on any atom is -0.381 e. The van der Waals surface area contributed by atoms with Gasteiger partial charge in [-0.1, -0.05) is 30.3 Å². The van der Waals surface area contributed by atoms with E-state index in [4.69, 9.17) is 9.47 Å². The molecule has 0 saturated carbocycles. The van der Waals surface area contributed by atoms with E-state index in [2.05, 4.69) is 57.8 Å². The SMILES string of the molecule is CN=C(NCC1(OC)CCOCC1)NC1CCN(C(C)c2ccccc2)CC1.I. The maximum atomic E-state index is 5.81. The Kier molecular flexibility index (Phi) is 10.1. The molecule has 6 nitrogen and oxygen atoms in total. The first-order chi connectivity index (χ1) is 13.7. The summed E-state index contributed by atoms with van der Waals surface area (Å²) in [5.74, 6) is 0.873.